The second-order valence-electron chi connectivity index (χ2n) is 7.02. The summed E-state index contributed by atoms with van der Waals surface area (Å²) in [5, 5.41) is 0. The van der Waals surface area contributed by atoms with Gasteiger partial charge in [-0.3, -0.25) is 0 Å². The number of nitrogens with zero attached hydrogens (tertiary/aromatic N) is 2. The van der Waals surface area contributed by atoms with Crippen LogP contribution in [0.5, 0.6) is 0 Å². The van der Waals surface area contributed by atoms with Crippen molar-refractivity contribution < 1.29 is 21.1 Å². The molecule has 3 heteroatoms. The summed E-state index contributed by atoms with van der Waals surface area (Å²) < 4.78 is 0. The van der Waals surface area contributed by atoms with Gasteiger partial charge in [0.25, 0.3) is 0 Å². The minimum Gasteiger partial charge on any atom is -0.508 e. The van der Waals surface area contributed by atoms with Crippen LogP contribution in [0.2, 0.25) is 0 Å². The number of allylic oxidation sites excluding steroid dienone is 1. The maximum absolute atomic E-state index is 3.79. The van der Waals surface area contributed by atoms with Crippen LogP contribution in [0.4, 0.5) is 0 Å². The molecule has 2 nitrogen and oxygen atoms in total. The molecule has 1 aliphatic rings. The third-order valence-electron chi connectivity index (χ3n) is 4.38. The van der Waals surface area contributed by atoms with E-state index in [1.54, 1.807) is 0 Å². The number of unbranched alkanes of at least 4 members (excludes halogenated alkanes) is 1. The Morgan fingerprint density at radius 3 is 2.27 bits per heavy atom. The van der Waals surface area contributed by atoms with Crippen LogP contribution in [0.25, 0.3) is 0 Å². The monoisotopic (exact) mass is 536 g/mol. The molecular weight excluding hydrogens is 499 g/mol. The fraction of sp³-hybridized carbons (Fsp3) is 0.435. The molecule has 0 aromatic heterocycles. The molecule has 1 aromatic carbocycles. The Bertz CT molecular complexity index is 549. The van der Waals surface area contributed by atoms with Gasteiger partial charge in [0.2, 0.25) is 0 Å². The van der Waals surface area contributed by atoms with Crippen molar-refractivity contribution >= 4 is 0 Å². The fourth-order valence-electron chi connectivity index (χ4n) is 2.96. The molecule has 0 amide bonds. The molecule has 0 saturated heterocycles. The molecule has 1 aromatic rings. The van der Waals surface area contributed by atoms with E-state index in [0.29, 0.717) is 11.8 Å². The van der Waals surface area contributed by atoms with Crippen LogP contribution in [0.3, 0.4) is 0 Å². The van der Waals surface area contributed by atoms with E-state index >= 15 is 0 Å². The van der Waals surface area contributed by atoms with Gasteiger partial charge in [0.05, 0.1) is 0 Å². The van der Waals surface area contributed by atoms with E-state index < -0.39 is 0 Å². The molecule has 1 heterocycles. The van der Waals surface area contributed by atoms with Gasteiger partial charge in [-0.15, -0.1) is 6.58 Å². The van der Waals surface area contributed by atoms with Crippen LogP contribution in [-0.4, -0.2) is 16.3 Å². The van der Waals surface area contributed by atoms with Crippen molar-refractivity contribution in [1.82, 2.24) is 9.80 Å². The summed E-state index contributed by atoms with van der Waals surface area (Å²) in [6.07, 6.45) is 8.57. The van der Waals surface area contributed by atoms with Crippen molar-refractivity contribution in [2.75, 3.05) is 6.54 Å². The van der Waals surface area contributed by atoms with Gasteiger partial charge in [0, 0.05) is 27.6 Å². The van der Waals surface area contributed by atoms with Gasteiger partial charge in [0.15, 0.2) is 0 Å². The van der Waals surface area contributed by atoms with Crippen LogP contribution in [0.1, 0.15) is 69.1 Å². The second kappa shape index (κ2) is 13.2. The van der Waals surface area contributed by atoms with Crippen molar-refractivity contribution in [1.29, 1.82) is 0 Å². The zero-order valence-corrected chi connectivity index (χ0v) is 19.7. The van der Waals surface area contributed by atoms with Gasteiger partial charge in [-0.2, -0.15) is 6.67 Å². The van der Waals surface area contributed by atoms with Gasteiger partial charge in [-0.05, 0) is 60.3 Å². The summed E-state index contributed by atoms with van der Waals surface area (Å²) in [6, 6.07) is 6.99. The van der Waals surface area contributed by atoms with E-state index in [1.165, 1.54) is 16.7 Å². The van der Waals surface area contributed by atoms with Crippen molar-refractivity contribution in [3.05, 3.63) is 81.5 Å². The largest absolute Gasteiger partial charge is 0.508 e. The zero-order valence-electron chi connectivity index (χ0n) is 17.4. The molecule has 26 heavy (non-hydrogen) atoms. The molecule has 0 spiro atoms. The normalized spacial score (nSPS) is 12.7. The minimum atomic E-state index is 0. The van der Waals surface area contributed by atoms with Crippen LogP contribution in [0.15, 0.2) is 43.3 Å². The van der Waals surface area contributed by atoms with E-state index in [-0.39, 0.29) is 35.9 Å². The third-order valence-corrected chi connectivity index (χ3v) is 4.38. The molecule has 0 radical (unpaired) electrons. The first kappa shape index (κ1) is 27.2. The Hall–Kier alpha value is -1.01. The molecule has 0 saturated carbocycles. The Morgan fingerprint density at radius 2 is 1.69 bits per heavy atom. The average molecular weight is 537 g/mol. The summed E-state index contributed by atoms with van der Waals surface area (Å²) in [5.41, 5.74) is 4.33. The molecule has 2 rings (SSSR count). The molecule has 0 bridgehead atoms. The maximum atomic E-state index is 3.79. The van der Waals surface area contributed by atoms with Crippen molar-refractivity contribution in [2.45, 2.75) is 58.9 Å². The summed E-state index contributed by atoms with van der Waals surface area (Å²) in [6.45, 7) is 17.1. The molecule has 152 valence electrons. The van der Waals surface area contributed by atoms with Gasteiger partial charge in [0.1, 0.15) is 0 Å². The van der Waals surface area contributed by atoms with E-state index in [0.717, 1.165) is 25.9 Å². The fourth-order valence-corrected chi connectivity index (χ4v) is 2.96. The van der Waals surface area contributed by atoms with E-state index in [4.69, 9.17) is 0 Å². The number of hydrogen-bond donors (Lipinski definition) is 0. The Kier molecular flexibility index (Phi) is 13.8. The first-order valence-corrected chi connectivity index (χ1v) is 8.79. The van der Waals surface area contributed by atoms with Gasteiger partial charge in [-0.1, -0.05) is 52.0 Å². The van der Waals surface area contributed by atoms with Crippen LogP contribution < -0.4 is 0 Å². The summed E-state index contributed by atoms with van der Waals surface area (Å²) >= 11 is 0. The average Bonchev–Trinajstić information content (AvgIpc) is 2.94. The van der Waals surface area contributed by atoms with E-state index in [9.17, 15) is 0 Å². The Balaban J connectivity index is 0. The predicted molar refractivity (Wildman–Crippen MR) is 113 cm³/mol. The van der Waals surface area contributed by atoms with Gasteiger partial charge < -0.3 is 24.7 Å². The quantitative estimate of drug-likeness (QED) is 0.213. The molecule has 0 fully saturated rings. The molecule has 0 unspecified atom stereocenters. The topological polar surface area (TPSA) is 6.48 Å². The number of benzene rings is 1. The van der Waals surface area contributed by atoms with E-state index in [2.05, 4.69) is 81.3 Å². The predicted octanol–water partition coefficient (Wildman–Crippen LogP) is 6.51. The molecule has 0 N–H and O–H groups in total. The van der Waals surface area contributed by atoms with Crippen molar-refractivity contribution in [3.8, 4) is 0 Å². The van der Waals surface area contributed by atoms with Crippen molar-refractivity contribution in [2.24, 2.45) is 0 Å². The molecule has 0 atom stereocenters. The second-order valence-corrected chi connectivity index (χ2v) is 7.02. The summed E-state index contributed by atoms with van der Waals surface area (Å²) in [5.74, 6) is 1.13. The molecular formula is C23H37N2Pt-3. The Labute approximate surface area is 177 Å². The van der Waals surface area contributed by atoms with Crippen LogP contribution >= 0.6 is 0 Å². The smallest absolute Gasteiger partial charge is 0.0156 e. The first-order valence-electron chi connectivity index (χ1n) is 8.79. The Morgan fingerprint density at radius 1 is 1.04 bits per heavy atom. The third kappa shape index (κ3) is 7.70. The minimum absolute atomic E-state index is 0. The van der Waals surface area contributed by atoms with Gasteiger partial charge >= 0.3 is 0 Å². The van der Waals surface area contributed by atoms with E-state index in [1.807, 2.05) is 6.08 Å². The van der Waals surface area contributed by atoms with Crippen LogP contribution in [-0.2, 0) is 27.6 Å². The number of rotatable bonds is 8. The maximum Gasteiger partial charge on any atom is 0.0156 e. The molecule has 1 aliphatic heterocycles. The molecule has 0 aliphatic carbocycles. The zero-order chi connectivity index (χ0) is 16.8. The summed E-state index contributed by atoms with van der Waals surface area (Å²) in [7, 11) is 0. The van der Waals surface area contributed by atoms with Gasteiger partial charge in [-0.25, -0.2) is 0 Å². The van der Waals surface area contributed by atoms with Crippen molar-refractivity contribution in [3.63, 3.8) is 0 Å². The first-order chi connectivity index (χ1) is 11.0. The standard InChI is InChI=1S/C21H31N2.2CH3.Pt/c1-6-7-8-11-22-12-13-23(16-22)15-20-14-19(17(2)3)9-10-21(20)18(4)5;;;/h6,9-10,12-14,16-18H,1,7-8,11,15H2,2-5H3;2*1H3;/q3*-1;. The summed E-state index contributed by atoms with van der Waals surface area (Å²) in [4.78, 5) is 4.56. The number of hydrogen-bond acceptors (Lipinski definition) is 2. The van der Waals surface area contributed by atoms with Crippen LogP contribution in [0, 0.1) is 21.5 Å². The SMILES string of the molecule is C=CCCCN1C=CN(Cc2cc(C(C)C)ccc2C(C)C)[CH-]1.[CH3-].[CH3-].[Pt].